The summed E-state index contributed by atoms with van der Waals surface area (Å²) in [5.41, 5.74) is 1.46. The van der Waals surface area contributed by atoms with Gasteiger partial charge in [-0.25, -0.2) is 9.78 Å². The molecule has 1 atom stereocenters. The van der Waals surface area contributed by atoms with Crippen LogP contribution in [0.3, 0.4) is 0 Å². The predicted octanol–water partition coefficient (Wildman–Crippen LogP) is 2.53. The molecule has 28 heavy (non-hydrogen) atoms. The van der Waals surface area contributed by atoms with Gasteiger partial charge in [-0.2, -0.15) is 0 Å². The lowest BCUT2D eigenvalue weighted by molar-refractivity contribution is -0.153. The summed E-state index contributed by atoms with van der Waals surface area (Å²) in [5, 5.41) is 7.18. The number of ether oxygens (including phenoxy) is 2. The van der Waals surface area contributed by atoms with Gasteiger partial charge in [0.15, 0.2) is 6.10 Å². The van der Waals surface area contributed by atoms with Gasteiger partial charge in [-0.3, -0.25) is 14.9 Å². The highest BCUT2D eigenvalue weighted by molar-refractivity contribution is 7.13. The van der Waals surface area contributed by atoms with Crippen LogP contribution in [-0.4, -0.2) is 42.1 Å². The van der Waals surface area contributed by atoms with E-state index in [0.29, 0.717) is 5.69 Å². The first-order chi connectivity index (χ1) is 13.3. The number of rotatable bonds is 7. The molecule has 3 amide bonds. The second-order valence-electron chi connectivity index (χ2n) is 6.30. The SMILES string of the molecule is COc1ccc(-c2nc(CC(=O)O[C@@H](C)C(=O)NC(=O)NC(C)C)cs2)cc1. The van der Waals surface area contributed by atoms with Crippen LogP contribution in [0.5, 0.6) is 5.75 Å². The molecule has 1 aromatic carbocycles. The number of methoxy groups -OCH3 is 1. The van der Waals surface area contributed by atoms with Gasteiger partial charge in [-0.05, 0) is 45.0 Å². The van der Waals surface area contributed by atoms with Crippen LogP contribution in [0, 0.1) is 0 Å². The highest BCUT2D eigenvalue weighted by Gasteiger charge is 2.21. The first-order valence-electron chi connectivity index (χ1n) is 8.68. The summed E-state index contributed by atoms with van der Waals surface area (Å²) in [7, 11) is 1.60. The molecule has 0 unspecified atom stereocenters. The van der Waals surface area contributed by atoms with Crippen LogP contribution >= 0.6 is 11.3 Å². The Morgan fingerprint density at radius 3 is 2.43 bits per heavy atom. The minimum atomic E-state index is -1.09. The maximum atomic E-state index is 12.1. The van der Waals surface area contributed by atoms with Gasteiger partial charge in [-0.1, -0.05) is 0 Å². The molecule has 2 aromatic rings. The number of hydrogen-bond donors (Lipinski definition) is 2. The number of hydrogen-bond acceptors (Lipinski definition) is 7. The van der Waals surface area contributed by atoms with E-state index in [2.05, 4.69) is 15.6 Å². The number of urea groups is 1. The minimum Gasteiger partial charge on any atom is -0.497 e. The monoisotopic (exact) mass is 405 g/mol. The van der Waals surface area contributed by atoms with E-state index in [1.54, 1.807) is 26.3 Å². The Balaban J connectivity index is 1.88. The quantitative estimate of drug-likeness (QED) is 0.686. The van der Waals surface area contributed by atoms with Crippen molar-refractivity contribution in [2.75, 3.05) is 7.11 Å². The third-order valence-electron chi connectivity index (χ3n) is 3.55. The molecule has 1 heterocycles. The number of aromatic nitrogens is 1. The lowest BCUT2D eigenvalue weighted by Gasteiger charge is -2.14. The zero-order valence-electron chi connectivity index (χ0n) is 16.1. The summed E-state index contributed by atoms with van der Waals surface area (Å²) in [6, 6.07) is 6.69. The van der Waals surface area contributed by atoms with Crippen molar-refractivity contribution >= 4 is 29.2 Å². The van der Waals surface area contributed by atoms with Crippen molar-refractivity contribution in [3.8, 4) is 16.3 Å². The summed E-state index contributed by atoms with van der Waals surface area (Å²) in [6.45, 7) is 4.93. The van der Waals surface area contributed by atoms with E-state index in [1.807, 2.05) is 24.3 Å². The van der Waals surface area contributed by atoms with Crippen LogP contribution in [0.15, 0.2) is 29.6 Å². The molecule has 0 radical (unpaired) electrons. The Kier molecular flexibility index (Phi) is 7.51. The average molecular weight is 405 g/mol. The number of carbonyl (C=O) groups is 3. The van der Waals surface area contributed by atoms with Gasteiger partial charge in [0.1, 0.15) is 10.8 Å². The Morgan fingerprint density at radius 2 is 1.82 bits per heavy atom. The van der Waals surface area contributed by atoms with Crippen LogP contribution in [-0.2, 0) is 20.7 Å². The largest absolute Gasteiger partial charge is 0.497 e. The first-order valence-corrected chi connectivity index (χ1v) is 9.56. The van der Waals surface area contributed by atoms with E-state index < -0.39 is 24.0 Å². The fourth-order valence-electron chi connectivity index (χ4n) is 2.21. The Labute approximate surface area is 167 Å². The zero-order chi connectivity index (χ0) is 20.7. The van der Waals surface area contributed by atoms with E-state index >= 15 is 0 Å². The van der Waals surface area contributed by atoms with Gasteiger partial charge >= 0.3 is 12.0 Å². The molecule has 1 aromatic heterocycles. The second-order valence-corrected chi connectivity index (χ2v) is 7.16. The van der Waals surface area contributed by atoms with E-state index in [1.165, 1.54) is 18.3 Å². The molecule has 0 aliphatic carbocycles. The molecule has 8 nitrogen and oxygen atoms in total. The van der Waals surface area contributed by atoms with Crippen LogP contribution in [0.25, 0.3) is 10.6 Å². The van der Waals surface area contributed by atoms with Gasteiger partial charge in [0, 0.05) is 17.0 Å². The number of thiazole rings is 1. The van der Waals surface area contributed by atoms with Gasteiger partial charge in [0.05, 0.1) is 19.2 Å². The number of imide groups is 1. The first kappa shape index (κ1) is 21.4. The van der Waals surface area contributed by atoms with E-state index in [-0.39, 0.29) is 12.5 Å². The van der Waals surface area contributed by atoms with Crippen LogP contribution in [0.2, 0.25) is 0 Å². The molecule has 9 heteroatoms. The van der Waals surface area contributed by atoms with Crippen molar-refractivity contribution < 1.29 is 23.9 Å². The van der Waals surface area contributed by atoms with E-state index in [0.717, 1.165) is 16.3 Å². The summed E-state index contributed by atoms with van der Waals surface area (Å²) >= 11 is 1.41. The number of amides is 3. The molecule has 2 rings (SSSR count). The zero-order valence-corrected chi connectivity index (χ0v) is 17.0. The van der Waals surface area contributed by atoms with Crippen LogP contribution in [0.4, 0.5) is 4.79 Å². The van der Waals surface area contributed by atoms with Crippen molar-refractivity contribution in [1.82, 2.24) is 15.6 Å². The number of nitrogens with one attached hydrogen (secondary N) is 2. The number of benzene rings is 1. The lowest BCUT2D eigenvalue weighted by Crippen LogP contribution is -2.46. The number of nitrogens with zero attached hydrogens (tertiary/aromatic N) is 1. The van der Waals surface area contributed by atoms with E-state index in [9.17, 15) is 14.4 Å². The van der Waals surface area contributed by atoms with Crippen LogP contribution < -0.4 is 15.4 Å². The molecule has 0 saturated heterocycles. The Bertz CT molecular complexity index is 832. The molecule has 0 aliphatic rings. The highest BCUT2D eigenvalue weighted by atomic mass is 32.1. The van der Waals surface area contributed by atoms with Crippen LogP contribution in [0.1, 0.15) is 26.5 Å². The molecular formula is C19H23N3O5S. The van der Waals surface area contributed by atoms with Gasteiger partial charge in [-0.15, -0.1) is 11.3 Å². The van der Waals surface area contributed by atoms with Crippen molar-refractivity contribution in [2.24, 2.45) is 0 Å². The smallest absolute Gasteiger partial charge is 0.321 e. The normalized spacial score (nSPS) is 11.6. The molecule has 0 fully saturated rings. The molecule has 150 valence electrons. The third-order valence-corrected chi connectivity index (χ3v) is 4.49. The molecule has 0 spiro atoms. The Morgan fingerprint density at radius 1 is 1.14 bits per heavy atom. The third kappa shape index (κ3) is 6.34. The topological polar surface area (TPSA) is 107 Å². The molecule has 0 aliphatic heterocycles. The minimum absolute atomic E-state index is 0.0670. The summed E-state index contributed by atoms with van der Waals surface area (Å²) in [5.74, 6) is -0.541. The molecule has 0 bridgehead atoms. The highest BCUT2D eigenvalue weighted by Crippen LogP contribution is 2.25. The van der Waals surface area contributed by atoms with E-state index in [4.69, 9.17) is 9.47 Å². The molecule has 0 saturated carbocycles. The second kappa shape index (κ2) is 9.84. The molecule has 2 N–H and O–H groups in total. The maximum absolute atomic E-state index is 12.1. The van der Waals surface area contributed by atoms with Gasteiger partial charge < -0.3 is 14.8 Å². The summed E-state index contributed by atoms with van der Waals surface area (Å²) in [6.07, 6.45) is -1.16. The standard InChI is InChI=1S/C19H23N3O5S/c1-11(2)20-19(25)22-17(24)12(3)27-16(23)9-14-10-28-18(21-14)13-5-7-15(26-4)8-6-13/h5-8,10-12H,9H2,1-4H3,(H2,20,22,24,25)/t12-/m0/s1. The fourth-order valence-corrected chi connectivity index (χ4v) is 3.03. The van der Waals surface area contributed by atoms with Crippen molar-refractivity contribution in [1.29, 1.82) is 0 Å². The summed E-state index contributed by atoms with van der Waals surface area (Å²) < 4.78 is 10.2. The number of esters is 1. The average Bonchev–Trinajstić information content (AvgIpc) is 3.09. The predicted molar refractivity (Wildman–Crippen MR) is 105 cm³/mol. The summed E-state index contributed by atoms with van der Waals surface area (Å²) in [4.78, 5) is 39.9. The molecular weight excluding hydrogens is 382 g/mol. The van der Waals surface area contributed by atoms with Crippen molar-refractivity contribution in [3.63, 3.8) is 0 Å². The number of carbonyl (C=O) groups excluding carboxylic acids is 3. The lowest BCUT2D eigenvalue weighted by atomic mass is 10.2. The fraction of sp³-hybridized carbons (Fsp3) is 0.368. The van der Waals surface area contributed by atoms with Crippen molar-refractivity contribution in [2.45, 2.75) is 39.3 Å². The van der Waals surface area contributed by atoms with Gasteiger partial charge in [0.25, 0.3) is 5.91 Å². The van der Waals surface area contributed by atoms with Gasteiger partial charge in [0.2, 0.25) is 0 Å². The van der Waals surface area contributed by atoms with Crippen molar-refractivity contribution in [3.05, 3.63) is 35.3 Å². The maximum Gasteiger partial charge on any atom is 0.321 e. The Hall–Kier alpha value is -2.94.